The summed E-state index contributed by atoms with van der Waals surface area (Å²) in [5, 5.41) is 0.884. The molecule has 0 aliphatic carbocycles. The third-order valence-electron chi connectivity index (χ3n) is 3.51. The molecule has 0 aromatic carbocycles. The van der Waals surface area contributed by atoms with Crippen LogP contribution in [0.15, 0.2) is 0 Å². The summed E-state index contributed by atoms with van der Waals surface area (Å²) in [6.45, 7) is 9.39. The fourth-order valence-electron chi connectivity index (χ4n) is 2.32. The fraction of sp³-hybridized carbons (Fsp3) is 1.00. The molecule has 0 amide bonds. The topological polar surface area (TPSA) is 29.3 Å². The molecule has 0 saturated carbocycles. The van der Waals surface area contributed by atoms with Crippen LogP contribution in [0.5, 0.6) is 0 Å². The molecule has 0 radical (unpaired) electrons. The molecule has 2 atom stereocenters. The van der Waals surface area contributed by atoms with Gasteiger partial charge in [-0.3, -0.25) is 0 Å². The lowest BCUT2D eigenvalue weighted by molar-refractivity contribution is 0.267. The number of rotatable bonds is 7. The first kappa shape index (κ1) is 14.3. The molecular weight excluding hydrogens is 216 g/mol. The minimum Gasteiger partial charge on any atom is -0.330 e. The van der Waals surface area contributed by atoms with Gasteiger partial charge in [-0.2, -0.15) is 11.8 Å². The van der Waals surface area contributed by atoms with Gasteiger partial charge in [-0.15, -0.1) is 0 Å². The van der Waals surface area contributed by atoms with Crippen molar-refractivity contribution in [3.8, 4) is 0 Å². The molecule has 0 spiro atoms. The fourth-order valence-corrected chi connectivity index (χ4v) is 3.57. The van der Waals surface area contributed by atoms with E-state index in [4.69, 9.17) is 5.73 Å². The van der Waals surface area contributed by atoms with E-state index < -0.39 is 0 Å². The Balaban J connectivity index is 2.08. The summed E-state index contributed by atoms with van der Waals surface area (Å²) < 4.78 is 0. The molecule has 2 unspecified atom stereocenters. The Hall–Kier alpha value is 0.270. The van der Waals surface area contributed by atoms with E-state index in [0.717, 1.165) is 17.7 Å². The maximum Gasteiger partial charge on any atom is 0.0172 e. The second-order valence-electron chi connectivity index (χ2n) is 5.03. The summed E-state index contributed by atoms with van der Waals surface area (Å²) in [6, 6.07) is 0. The molecule has 1 aliphatic heterocycles. The molecule has 0 aromatic rings. The van der Waals surface area contributed by atoms with Crippen molar-refractivity contribution in [2.45, 2.75) is 44.8 Å². The van der Waals surface area contributed by atoms with Crippen LogP contribution in [0.2, 0.25) is 0 Å². The van der Waals surface area contributed by atoms with Crippen LogP contribution in [0.3, 0.4) is 0 Å². The SMILES string of the molecule is CCC1CN(CCCC(C)CCN)CCS1. The highest BCUT2D eigenvalue weighted by atomic mass is 32.2. The molecule has 2 N–H and O–H groups in total. The van der Waals surface area contributed by atoms with Gasteiger partial charge in [0.2, 0.25) is 0 Å². The largest absolute Gasteiger partial charge is 0.330 e. The first-order chi connectivity index (χ1) is 7.76. The Morgan fingerprint density at radius 2 is 2.25 bits per heavy atom. The molecule has 2 nitrogen and oxygen atoms in total. The van der Waals surface area contributed by atoms with Gasteiger partial charge in [0.15, 0.2) is 0 Å². The third kappa shape index (κ3) is 5.55. The van der Waals surface area contributed by atoms with Gasteiger partial charge in [0.25, 0.3) is 0 Å². The average molecular weight is 244 g/mol. The Labute approximate surface area is 105 Å². The zero-order valence-corrected chi connectivity index (χ0v) is 11.8. The van der Waals surface area contributed by atoms with Gasteiger partial charge in [0, 0.05) is 24.1 Å². The first-order valence-corrected chi connectivity index (χ1v) is 7.85. The molecule has 1 saturated heterocycles. The van der Waals surface area contributed by atoms with Crippen LogP contribution in [-0.2, 0) is 0 Å². The first-order valence-electron chi connectivity index (χ1n) is 6.80. The number of nitrogens with two attached hydrogens (primary N) is 1. The highest BCUT2D eigenvalue weighted by Gasteiger charge is 2.18. The maximum absolute atomic E-state index is 5.57. The van der Waals surface area contributed by atoms with Crippen molar-refractivity contribution in [1.29, 1.82) is 0 Å². The lowest BCUT2D eigenvalue weighted by atomic mass is 10.0. The maximum atomic E-state index is 5.57. The zero-order chi connectivity index (χ0) is 11.8. The quantitative estimate of drug-likeness (QED) is 0.746. The summed E-state index contributed by atoms with van der Waals surface area (Å²) in [7, 11) is 0. The van der Waals surface area contributed by atoms with Crippen molar-refractivity contribution in [1.82, 2.24) is 4.90 Å². The number of hydrogen-bond donors (Lipinski definition) is 1. The number of hydrogen-bond acceptors (Lipinski definition) is 3. The van der Waals surface area contributed by atoms with Crippen molar-refractivity contribution in [3.63, 3.8) is 0 Å². The summed E-state index contributed by atoms with van der Waals surface area (Å²) in [6.07, 6.45) is 5.21. The molecule has 16 heavy (non-hydrogen) atoms. The molecule has 1 aliphatic rings. The molecule has 0 aromatic heterocycles. The van der Waals surface area contributed by atoms with E-state index >= 15 is 0 Å². The Morgan fingerprint density at radius 3 is 2.94 bits per heavy atom. The zero-order valence-electron chi connectivity index (χ0n) is 11.0. The standard InChI is InChI=1S/C13H28N2S/c1-3-13-11-15(9-10-16-13)8-4-5-12(2)6-7-14/h12-13H,3-11,14H2,1-2H3. The van der Waals surface area contributed by atoms with Crippen LogP contribution in [0.1, 0.15) is 39.5 Å². The monoisotopic (exact) mass is 244 g/mol. The molecule has 1 heterocycles. The van der Waals surface area contributed by atoms with Gasteiger partial charge >= 0.3 is 0 Å². The molecule has 0 bridgehead atoms. The van der Waals surface area contributed by atoms with Crippen molar-refractivity contribution < 1.29 is 0 Å². The minimum atomic E-state index is 0.811. The van der Waals surface area contributed by atoms with E-state index in [2.05, 4.69) is 30.5 Å². The smallest absolute Gasteiger partial charge is 0.0172 e. The summed E-state index contributed by atoms with van der Waals surface area (Å²) >= 11 is 2.16. The van der Waals surface area contributed by atoms with E-state index in [9.17, 15) is 0 Å². The molecule has 1 rings (SSSR count). The average Bonchev–Trinajstić information content (AvgIpc) is 2.30. The van der Waals surface area contributed by atoms with Crippen LogP contribution in [-0.4, -0.2) is 42.1 Å². The van der Waals surface area contributed by atoms with Gasteiger partial charge in [0.05, 0.1) is 0 Å². The van der Waals surface area contributed by atoms with Crippen molar-refractivity contribution in [2.24, 2.45) is 11.7 Å². The van der Waals surface area contributed by atoms with E-state index in [1.807, 2.05) is 0 Å². The Morgan fingerprint density at radius 1 is 1.44 bits per heavy atom. The molecular formula is C13H28N2S. The summed E-state index contributed by atoms with van der Waals surface area (Å²) in [5.41, 5.74) is 5.57. The van der Waals surface area contributed by atoms with Crippen LogP contribution in [0.4, 0.5) is 0 Å². The van der Waals surface area contributed by atoms with Crippen molar-refractivity contribution >= 4 is 11.8 Å². The van der Waals surface area contributed by atoms with E-state index in [0.29, 0.717) is 0 Å². The van der Waals surface area contributed by atoms with Crippen LogP contribution < -0.4 is 5.73 Å². The van der Waals surface area contributed by atoms with Gasteiger partial charge in [-0.05, 0) is 44.7 Å². The van der Waals surface area contributed by atoms with Crippen LogP contribution in [0, 0.1) is 5.92 Å². The van der Waals surface area contributed by atoms with Gasteiger partial charge in [-0.25, -0.2) is 0 Å². The second kappa shape index (κ2) is 8.37. The van der Waals surface area contributed by atoms with Gasteiger partial charge < -0.3 is 10.6 Å². The van der Waals surface area contributed by atoms with E-state index in [1.54, 1.807) is 0 Å². The predicted molar refractivity (Wildman–Crippen MR) is 75.0 cm³/mol. The van der Waals surface area contributed by atoms with Gasteiger partial charge in [0.1, 0.15) is 0 Å². The van der Waals surface area contributed by atoms with Crippen LogP contribution in [0.25, 0.3) is 0 Å². The Bertz CT molecular complexity index is 175. The van der Waals surface area contributed by atoms with Crippen molar-refractivity contribution in [2.75, 3.05) is 31.9 Å². The minimum absolute atomic E-state index is 0.811. The highest BCUT2D eigenvalue weighted by molar-refractivity contribution is 8.00. The highest BCUT2D eigenvalue weighted by Crippen LogP contribution is 2.21. The second-order valence-corrected chi connectivity index (χ2v) is 6.43. The van der Waals surface area contributed by atoms with Crippen LogP contribution >= 0.6 is 11.8 Å². The third-order valence-corrected chi connectivity index (χ3v) is 4.88. The van der Waals surface area contributed by atoms with Gasteiger partial charge in [-0.1, -0.05) is 13.8 Å². The molecule has 1 fully saturated rings. The lowest BCUT2D eigenvalue weighted by Gasteiger charge is -2.32. The number of thioether (sulfide) groups is 1. The summed E-state index contributed by atoms with van der Waals surface area (Å²) in [5.74, 6) is 2.14. The van der Waals surface area contributed by atoms with Crippen molar-refractivity contribution in [3.05, 3.63) is 0 Å². The van der Waals surface area contributed by atoms with E-state index in [1.165, 1.54) is 51.1 Å². The van der Waals surface area contributed by atoms with E-state index in [-0.39, 0.29) is 0 Å². The predicted octanol–water partition coefficient (Wildman–Crippen LogP) is 2.58. The normalized spacial score (nSPS) is 24.6. The Kier molecular flexibility index (Phi) is 7.50. The molecule has 96 valence electrons. The number of nitrogens with zero attached hydrogens (tertiary/aromatic N) is 1. The molecule has 3 heteroatoms. The summed E-state index contributed by atoms with van der Waals surface area (Å²) in [4.78, 5) is 2.65. The lowest BCUT2D eigenvalue weighted by Crippen LogP contribution is -2.38.